The molecule has 4 heteroatoms. The number of rotatable bonds is 6. The predicted octanol–water partition coefficient (Wildman–Crippen LogP) is 2.01. The second-order valence-electron chi connectivity index (χ2n) is 4.39. The SMILES string of the molecule is O=C(COCC[C@H]1CCCCN1)c1ccco1. The summed E-state index contributed by atoms with van der Waals surface area (Å²) in [5, 5.41) is 3.45. The largest absolute Gasteiger partial charge is 0.461 e. The Labute approximate surface area is 101 Å². The number of ether oxygens (including phenoxy) is 1. The van der Waals surface area contributed by atoms with E-state index in [-0.39, 0.29) is 12.4 Å². The van der Waals surface area contributed by atoms with Gasteiger partial charge in [0.05, 0.1) is 6.26 Å². The second-order valence-corrected chi connectivity index (χ2v) is 4.39. The monoisotopic (exact) mass is 237 g/mol. The molecule has 1 aliphatic rings. The zero-order valence-electron chi connectivity index (χ0n) is 9.98. The van der Waals surface area contributed by atoms with Gasteiger partial charge < -0.3 is 14.5 Å². The molecular formula is C13H19NO3. The predicted molar refractivity (Wildman–Crippen MR) is 64.1 cm³/mol. The lowest BCUT2D eigenvalue weighted by atomic mass is 10.0. The van der Waals surface area contributed by atoms with Crippen molar-refractivity contribution in [1.29, 1.82) is 0 Å². The molecule has 1 fully saturated rings. The summed E-state index contributed by atoms with van der Waals surface area (Å²) in [5.74, 6) is 0.285. The van der Waals surface area contributed by atoms with Crippen LogP contribution in [0.25, 0.3) is 0 Å². The zero-order valence-corrected chi connectivity index (χ0v) is 9.98. The summed E-state index contributed by atoms with van der Waals surface area (Å²) in [7, 11) is 0. The average molecular weight is 237 g/mol. The van der Waals surface area contributed by atoms with E-state index in [4.69, 9.17) is 9.15 Å². The number of Topliss-reactive ketones (excluding diaryl/α,β-unsaturated/α-hetero) is 1. The summed E-state index contributed by atoms with van der Waals surface area (Å²) in [4.78, 5) is 11.5. The van der Waals surface area contributed by atoms with E-state index >= 15 is 0 Å². The summed E-state index contributed by atoms with van der Waals surface area (Å²) in [6.45, 7) is 1.85. The molecule has 0 unspecified atom stereocenters. The van der Waals surface area contributed by atoms with Crippen molar-refractivity contribution in [2.24, 2.45) is 0 Å². The molecule has 1 aromatic rings. The molecule has 1 N–H and O–H groups in total. The number of hydrogen-bond acceptors (Lipinski definition) is 4. The second kappa shape index (κ2) is 6.57. The van der Waals surface area contributed by atoms with Crippen LogP contribution in [0.15, 0.2) is 22.8 Å². The molecule has 0 amide bonds. The molecule has 0 radical (unpaired) electrons. The van der Waals surface area contributed by atoms with Gasteiger partial charge in [0, 0.05) is 12.6 Å². The summed E-state index contributed by atoms with van der Waals surface area (Å²) >= 11 is 0. The van der Waals surface area contributed by atoms with Gasteiger partial charge in [0.15, 0.2) is 5.76 Å². The van der Waals surface area contributed by atoms with Crippen molar-refractivity contribution in [1.82, 2.24) is 5.32 Å². The van der Waals surface area contributed by atoms with Crippen LogP contribution in [0.5, 0.6) is 0 Å². The molecule has 0 saturated carbocycles. The smallest absolute Gasteiger partial charge is 0.223 e. The first-order chi connectivity index (χ1) is 8.36. The van der Waals surface area contributed by atoms with Crippen LogP contribution in [0, 0.1) is 0 Å². The Morgan fingerprint density at radius 3 is 3.18 bits per heavy atom. The van der Waals surface area contributed by atoms with Crippen LogP contribution in [-0.2, 0) is 4.74 Å². The molecule has 94 valence electrons. The van der Waals surface area contributed by atoms with Crippen molar-refractivity contribution in [2.45, 2.75) is 31.7 Å². The van der Waals surface area contributed by atoms with Gasteiger partial charge in [-0.05, 0) is 37.9 Å². The van der Waals surface area contributed by atoms with Crippen LogP contribution in [0.2, 0.25) is 0 Å². The minimum atomic E-state index is -0.0911. The van der Waals surface area contributed by atoms with Gasteiger partial charge in [-0.25, -0.2) is 0 Å². The van der Waals surface area contributed by atoms with Crippen LogP contribution in [-0.4, -0.2) is 31.6 Å². The molecule has 1 aromatic heterocycles. The maximum absolute atomic E-state index is 11.5. The van der Waals surface area contributed by atoms with Crippen LogP contribution >= 0.6 is 0 Å². The lowest BCUT2D eigenvalue weighted by Crippen LogP contribution is -2.34. The molecule has 0 spiro atoms. The number of carbonyl (C=O) groups is 1. The first kappa shape index (κ1) is 12.3. The Bertz CT molecular complexity index is 328. The highest BCUT2D eigenvalue weighted by molar-refractivity contribution is 5.94. The first-order valence-electron chi connectivity index (χ1n) is 6.24. The average Bonchev–Trinajstić information content (AvgIpc) is 2.89. The molecule has 1 atom stereocenters. The highest BCUT2D eigenvalue weighted by Crippen LogP contribution is 2.10. The van der Waals surface area contributed by atoms with Gasteiger partial charge in [-0.3, -0.25) is 4.79 Å². The third-order valence-corrected chi connectivity index (χ3v) is 3.05. The van der Waals surface area contributed by atoms with Crippen LogP contribution in [0.1, 0.15) is 36.2 Å². The van der Waals surface area contributed by atoms with E-state index in [0.717, 1.165) is 13.0 Å². The zero-order chi connectivity index (χ0) is 11.9. The van der Waals surface area contributed by atoms with Crippen molar-refractivity contribution in [2.75, 3.05) is 19.8 Å². The molecule has 0 aromatic carbocycles. The first-order valence-corrected chi connectivity index (χ1v) is 6.24. The lowest BCUT2D eigenvalue weighted by molar-refractivity contribution is 0.0710. The highest BCUT2D eigenvalue weighted by atomic mass is 16.5. The molecule has 2 heterocycles. The lowest BCUT2D eigenvalue weighted by Gasteiger charge is -2.23. The van der Waals surface area contributed by atoms with Crippen molar-refractivity contribution in [3.8, 4) is 0 Å². The van der Waals surface area contributed by atoms with Crippen molar-refractivity contribution >= 4 is 5.78 Å². The Morgan fingerprint density at radius 1 is 1.53 bits per heavy atom. The van der Waals surface area contributed by atoms with Gasteiger partial charge in [-0.1, -0.05) is 6.42 Å². The number of furan rings is 1. The third kappa shape index (κ3) is 3.98. The van der Waals surface area contributed by atoms with Crippen molar-refractivity contribution in [3.63, 3.8) is 0 Å². The fraction of sp³-hybridized carbons (Fsp3) is 0.615. The quantitative estimate of drug-likeness (QED) is 0.607. The fourth-order valence-electron chi connectivity index (χ4n) is 2.07. The summed E-state index contributed by atoms with van der Waals surface area (Å²) in [5.41, 5.74) is 0. The number of ketones is 1. The van der Waals surface area contributed by atoms with Crippen LogP contribution in [0.4, 0.5) is 0 Å². The van der Waals surface area contributed by atoms with E-state index in [1.165, 1.54) is 25.5 Å². The summed E-state index contributed by atoms with van der Waals surface area (Å²) in [6.07, 6.45) is 6.26. The molecule has 0 aliphatic carbocycles. The maximum Gasteiger partial charge on any atom is 0.223 e. The Morgan fingerprint density at radius 2 is 2.47 bits per heavy atom. The number of hydrogen-bond donors (Lipinski definition) is 1. The molecule has 17 heavy (non-hydrogen) atoms. The molecular weight excluding hydrogens is 218 g/mol. The van der Waals surface area contributed by atoms with Crippen LogP contribution in [0.3, 0.4) is 0 Å². The van der Waals surface area contributed by atoms with E-state index in [9.17, 15) is 4.79 Å². The van der Waals surface area contributed by atoms with Gasteiger partial charge in [-0.15, -0.1) is 0 Å². The number of carbonyl (C=O) groups excluding carboxylic acids is 1. The minimum Gasteiger partial charge on any atom is -0.461 e. The number of piperidine rings is 1. The minimum absolute atomic E-state index is 0.0911. The maximum atomic E-state index is 11.5. The summed E-state index contributed by atoms with van der Waals surface area (Å²) in [6, 6.07) is 3.93. The molecule has 0 bridgehead atoms. The van der Waals surface area contributed by atoms with Crippen molar-refractivity contribution in [3.05, 3.63) is 24.2 Å². The topological polar surface area (TPSA) is 51.5 Å². The van der Waals surface area contributed by atoms with E-state index in [0.29, 0.717) is 18.4 Å². The van der Waals surface area contributed by atoms with Gasteiger partial charge in [0.25, 0.3) is 0 Å². The van der Waals surface area contributed by atoms with Gasteiger partial charge in [-0.2, -0.15) is 0 Å². The van der Waals surface area contributed by atoms with Gasteiger partial charge in [0.1, 0.15) is 6.61 Å². The van der Waals surface area contributed by atoms with Gasteiger partial charge in [0.2, 0.25) is 5.78 Å². The van der Waals surface area contributed by atoms with Crippen molar-refractivity contribution < 1.29 is 13.9 Å². The number of nitrogens with one attached hydrogen (secondary N) is 1. The standard InChI is InChI=1S/C13H19NO3/c15-12(13-5-3-8-17-13)10-16-9-6-11-4-1-2-7-14-11/h3,5,8,11,14H,1-2,4,6-7,9-10H2/t11-/m1/s1. The van der Waals surface area contributed by atoms with Crippen LogP contribution < -0.4 is 5.32 Å². The van der Waals surface area contributed by atoms with E-state index in [1.54, 1.807) is 12.1 Å². The molecule has 2 rings (SSSR count). The van der Waals surface area contributed by atoms with Gasteiger partial charge >= 0.3 is 0 Å². The normalized spacial score (nSPS) is 20.4. The Hall–Kier alpha value is -1.13. The van der Waals surface area contributed by atoms with E-state index in [2.05, 4.69) is 5.32 Å². The molecule has 4 nitrogen and oxygen atoms in total. The Kier molecular flexibility index (Phi) is 4.76. The molecule has 1 aliphatic heterocycles. The fourth-order valence-corrected chi connectivity index (χ4v) is 2.07. The Balaban J connectivity index is 1.58. The van der Waals surface area contributed by atoms with E-state index < -0.39 is 0 Å². The molecule has 1 saturated heterocycles. The highest BCUT2D eigenvalue weighted by Gasteiger charge is 2.13. The third-order valence-electron chi connectivity index (χ3n) is 3.05. The summed E-state index contributed by atoms with van der Waals surface area (Å²) < 4.78 is 10.4. The van der Waals surface area contributed by atoms with E-state index in [1.807, 2.05) is 0 Å².